The van der Waals surface area contributed by atoms with Crippen LogP contribution >= 0.6 is 11.8 Å². The van der Waals surface area contributed by atoms with Crippen LogP contribution in [0.4, 0.5) is 11.8 Å². The van der Waals surface area contributed by atoms with Gasteiger partial charge in [-0.1, -0.05) is 25.5 Å². The quantitative estimate of drug-likeness (QED) is 0.0378. The monoisotopic (exact) mass is 869 g/mol. The van der Waals surface area contributed by atoms with E-state index < -0.39 is 23.9 Å². The second kappa shape index (κ2) is 29.5. The van der Waals surface area contributed by atoms with Gasteiger partial charge in [0, 0.05) is 31.0 Å². The molecule has 0 aliphatic heterocycles. The van der Waals surface area contributed by atoms with Gasteiger partial charge in [0.25, 0.3) is 11.9 Å². The summed E-state index contributed by atoms with van der Waals surface area (Å²) in [7, 11) is 0. The highest BCUT2D eigenvalue weighted by Crippen LogP contribution is 2.25. The molecule has 2 heterocycles. The predicted octanol–water partition coefficient (Wildman–Crippen LogP) is 0.789. The number of imidazole rings is 1. The van der Waals surface area contributed by atoms with Crippen LogP contribution < -0.4 is 54.4 Å². The normalized spacial score (nSPS) is 12.2. The van der Waals surface area contributed by atoms with E-state index in [0.29, 0.717) is 79.6 Å². The number of aromatic nitrogens is 4. The Labute approximate surface area is 364 Å². The van der Waals surface area contributed by atoms with Crippen LogP contribution in [0.2, 0.25) is 0 Å². The van der Waals surface area contributed by atoms with Crippen molar-refractivity contribution >= 4 is 58.3 Å². The lowest BCUT2D eigenvalue weighted by atomic mass is 10.1. The van der Waals surface area contributed by atoms with E-state index in [-0.39, 0.29) is 36.7 Å². The molecular weight excluding hydrogens is 801 g/mol. The number of fused-ring (bicyclic) bond motifs is 1. The molecule has 0 aliphatic rings. The number of thioether (sulfide) groups is 1. The van der Waals surface area contributed by atoms with Gasteiger partial charge in [0.2, 0.25) is 23.7 Å². The smallest absolute Gasteiger partial charge is 0.296 e. The minimum atomic E-state index is -0.771. The molecule has 3 aromatic rings. The number of amides is 4. The first-order valence-corrected chi connectivity index (χ1v) is 22.5. The van der Waals surface area contributed by atoms with Gasteiger partial charge in [-0.25, -0.2) is 0 Å². The van der Waals surface area contributed by atoms with Crippen LogP contribution in [0, 0.1) is 13.3 Å². The van der Waals surface area contributed by atoms with Gasteiger partial charge in [-0.3, -0.25) is 23.7 Å². The molecule has 1 aromatic carbocycles. The van der Waals surface area contributed by atoms with Crippen LogP contribution in [0.1, 0.15) is 80.6 Å². The molecule has 0 fully saturated rings. The fourth-order valence-electron chi connectivity index (χ4n) is 6.01. The summed E-state index contributed by atoms with van der Waals surface area (Å²) in [6, 6.07) is 4.93. The molecule has 3 rings (SSSR count). The Bertz CT molecular complexity index is 1760. The van der Waals surface area contributed by atoms with Crippen LogP contribution in [-0.4, -0.2) is 131 Å². The van der Waals surface area contributed by atoms with Crippen molar-refractivity contribution in [2.24, 2.45) is 11.5 Å². The van der Waals surface area contributed by atoms with E-state index >= 15 is 0 Å². The van der Waals surface area contributed by atoms with E-state index in [9.17, 15) is 24.3 Å². The Hall–Kier alpha value is -4.76. The van der Waals surface area contributed by atoms with Gasteiger partial charge in [0.15, 0.2) is 17.0 Å². The number of anilines is 2. The van der Waals surface area contributed by atoms with Gasteiger partial charge in [0.1, 0.15) is 6.04 Å². The maximum atomic E-state index is 13.1. The molecule has 0 bridgehead atoms. The summed E-state index contributed by atoms with van der Waals surface area (Å²) in [6.45, 7) is 11.5. The number of nitrogens with two attached hydrogens (primary N) is 3. The lowest BCUT2D eigenvalue weighted by Gasteiger charge is -2.21. The molecule has 19 nitrogen and oxygen atoms in total. The number of carbonyl (C=O) groups is 4. The number of hydrogen-bond donors (Lipinski definition) is 11. The maximum Gasteiger partial charge on any atom is 0.296 e. The number of nitrogen functional groups attached to an aromatic ring is 1. The van der Waals surface area contributed by atoms with Crippen molar-refractivity contribution in [3.8, 4) is 6.01 Å². The standard InChI is InChI=1S/C41H68N14O5S/c1-3-5-22-49-40-53-35(44)34-36(54-40)55(41(60)52-34)27-29-13-15-30(16-14-29)37(57)50-26-33(56)47-23-7-6-12-32(51-38(58)31(43)28-61-25-4-2)39(59)48-24-11-21-46-19-9-8-18-45-20-10-17-42/h4,13-16,31-32,45-46H,2-3,5-12,17-28,42-43H2,1H3,(H,47,56)(H,48,59)(H,50,57)(H,51,58)(H,52,60)(H3,44,49,53,54)/t31-,32-/m0/s1. The molecule has 4 amide bonds. The lowest BCUT2D eigenvalue weighted by molar-refractivity contribution is -0.129. The average Bonchev–Trinajstić information content (AvgIpc) is 3.57. The van der Waals surface area contributed by atoms with Crippen molar-refractivity contribution in [2.75, 3.05) is 81.5 Å². The Kier molecular flexibility index (Phi) is 24.5. The first-order valence-electron chi connectivity index (χ1n) is 21.3. The molecule has 14 N–H and O–H groups in total. The molecule has 61 heavy (non-hydrogen) atoms. The van der Waals surface area contributed by atoms with Gasteiger partial charge < -0.3 is 59.5 Å². The molecule has 0 spiro atoms. The number of rotatable bonds is 33. The average molecular weight is 869 g/mol. The molecule has 0 aliphatic carbocycles. The Morgan fingerprint density at radius 3 is 2.25 bits per heavy atom. The van der Waals surface area contributed by atoms with E-state index in [1.165, 1.54) is 16.3 Å². The first-order chi connectivity index (χ1) is 29.6. The van der Waals surface area contributed by atoms with Gasteiger partial charge in [-0.15, -0.1) is 0 Å². The number of nitrogens with zero attached hydrogens (tertiary/aromatic N) is 4. The fraction of sp³-hybridized carbons (Fsp3) is 0.585. The Balaban J connectivity index is 1.40. The van der Waals surface area contributed by atoms with Crippen LogP contribution in [0.15, 0.2) is 24.3 Å². The molecule has 20 heteroatoms. The summed E-state index contributed by atoms with van der Waals surface area (Å²) in [5.74, 6) is 0.0952. The second-order valence-corrected chi connectivity index (χ2v) is 15.7. The topological polar surface area (TPSA) is 294 Å². The molecule has 0 saturated carbocycles. The number of hydrogen-bond acceptors (Lipinski definition) is 15. The third kappa shape index (κ3) is 19.2. The number of carbonyl (C=O) groups excluding carboxylic acids is 4. The van der Waals surface area contributed by atoms with Crippen molar-refractivity contribution < 1.29 is 24.3 Å². The van der Waals surface area contributed by atoms with Crippen LogP contribution in [-0.2, 0) is 20.9 Å². The van der Waals surface area contributed by atoms with Gasteiger partial charge in [-0.2, -0.15) is 26.7 Å². The highest BCUT2D eigenvalue weighted by molar-refractivity contribution is 7.99. The maximum absolute atomic E-state index is 13.1. The first kappa shape index (κ1) is 50.6. The van der Waals surface area contributed by atoms with Crippen molar-refractivity contribution in [3.05, 3.63) is 48.7 Å². The third-order valence-corrected chi connectivity index (χ3v) is 10.5. The Morgan fingerprint density at radius 2 is 1.54 bits per heavy atom. The van der Waals surface area contributed by atoms with E-state index in [1.54, 1.807) is 30.7 Å². The van der Waals surface area contributed by atoms with E-state index in [1.807, 2.05) is 0 Å². The zero-order valence-corrected chi connectivity index (χ0v) is 36.4. The van der Waals surface area contributed by atoms with Crippen molar-refractivity contribution in [2.45, 2.75) is 83.3 Å². The molecule has 2 radical (unpaired) electrons. The SMILES string of the molecule is [CH2][CH]CSC[C@H](N)C(=O)N[C@@H](CCCCNC(=O)CNC(=O)c1ccc(Cn2c(O)nc3c(N)nc(NCCCC)nc32)cc1)C(=O)NCCCNCCCCNCCCN. The van der Waals surface area contributed by atoms with Crippen LogP contribution in [0.25, 0.3) is 11.2 Å². The summed E-state index contributed by atoms with van der Waals surface area (Å²) in [4.78, 5) is 64.2. The Morgan fingerprint density at radius 1 is 0.852 bits per heavy atom. The summed E-state index contributed by atoms with van der Waals surface area (Å²) in [5.41, 5.74) is 19.5. The van der Waals surface area contributed by atoms with Crippen molar-refractivity contribution in [1.82, 2.24) is 51.4 Å². The number of benzene rings is 1. The van der Waals surface area contributed by atoms with Crippen molar-refractivity contribution in [3.63, 3.8) is 0 Å². The largest absolute Gasteiger partial charge is 0.480 e. The van der Waals surface area contributed by atoms with E-state index in [2.05, 4.69) is 66.0 Å². The van der Waals surface area contributed by atoms with E-state index in [4.69, 9.17) is 17.2 Å². The van der Waals surface area contributed by atoms with Crippen LogP contribution in [0.3, 0.4) is 0 Å². The van der Waals surface area contributed by atoms with Gasteiger partial charge in [-0.05, 0) is 121 Å². The highest BCUT2D eigenvalue weighted by atomic mass is 32.2. The zero-order chi connectivity index (χ0) is 44.2. The van der Waals surface area contributed by atoms with Gasteiger partial charge >= 0.3 is 0 Å². The second-order valence-electron chi connectivity index (χ2n) is 14.6. The molecule has 0 unspecified atom stereocenters. The van der Waals surface area contributed by atoms with E-state index in [0.717, 1.165) is 70.3 Å². The number of nitrogens with one attached hydrogen (secondary N) is 7. The lowest BCUT2D eigenvalue weighted by Crippen LogP contribution is -2.52. The van der Waals surface area contributed by atoms with Gasteiger partial charge in [0.05, 0.1) is 19.1 Å². The summed E-state index contributed by atoms with van der Waals surface area (Å²) < 4.78 is 1.51. The minimum absolute atomic E-state index is 0.152. The number of unbranched alkanes of at least 4 members (excludes halogenated alkanes) is 3. The fourth-order valence-corrected chi connectivity index (χ4v) is 6.72. The highest BCUT2D eigenvalue weighted by Gasteiger charge is 2.23. The number of aromatic hydroxyl groups is 1. The summed E-state index contributed by atoms with van der Waals surface area (Å²) >= 11 is 1.49. The van der Waals surface area contributed by atoms with Crippen molar-refractivity contribution in [1.29, 1.82) is 0 Å². The predicted molar refractivity (Wildman–Crippen MR) is 243 cm³/mol. The summed E-state index contributed by atoms with van der Waals surface area (Å²) in [5, 5.41) is 31.6. The zero-order valence-electron chi connectivity index (χ0n) is 35.6. The molecule has 0 saturated heterocycles. The molecule has 2 atom stereocenters. The molecule has 338 valence electrons. The molecular formula is C41H68N14O5S. The summed E-state index contributed by atoms with van der Waals surface area (Å²) in [6.07, 6.45) is 8.99. The van der Waals surface area contributed by atoms with Crippen LogP contribution in [0.5, 0.6) is 6.01 Å². The molecule has 2 aromatic heterocycles. The minimum Gasteiger partial charge on any atom is -0.480 e. The third-order valence-electron chi connectivity index (χ3n) is 9.47.